The molecule has 0 saturated carbocycles. The Morgan fingerprint density at radius 3 is 1.96 bits per heavy atom. The normalized spacial score (nSPS) is 11.6. The first-order chi connectivity index (χ1) is 27.2. The van der Waals surface area contributed by atoms with Crippen molar-refractivity contribution in [3.05, 3.63) is 200 Å². The van der Waals surface area contributed by atoms with Gasteiger partial charge in [0, 0.05) is 53.4 Å². The Kier molecular flexibility index (Phi) is 7.39. The fourth-order valence-corrected chi connectivity index (χ4v) is 9.28. The molecule has 0 fully saturated rings. The lowest BCUT2D eigenvalue weighted by Crippen LogP contribution is -2.11. The van der Waals surface area contributed by atoms with Crippen molar-refractivity contribution < 1.29 is 4.42 Å². The number of thiophene rings is 1. The molecule has 0 saturated heterocycles. The van der Waals surface area contributed by atoms with Crippen molar-refractivity contribution in [3.8, 4) is 33.4 Å². The Labute approximate surface area is 322 Å². The molecule has 0 N–H and O–H groups in total. The number of furan rings is 1. The van der Waals surface area contributed by atoms with E-state index in [1.807, 2.05) is 23.5 Å². The van der Waals surface area contributed by atoms with Gasteiger partial charge in [0.2, 0.25) is 0 Å². The van der Waals surface area contributed by atoms with Crippen LogP contribution in [0.15, 0.2) is 205 Å². The van der Waals surface area contributed by atoms with Gasteiger partial charge in [-0.1, -0.05) is 140 Å². The van der Waals surface area contributed by atoms with Gasteiger partial charge in [-0.05, 0) is 93.7 Å². The number of anilines is 3. The summed E-state index contributed by atoms with van der Waals surface area (Å²) in [4.78, 5) is 2.40. The molecule has 0 radical (unpaired) electrons. The lowest BCUT2D eigenvalue weighted by Gasteiger charge is -2.28. The summed E-state index contributed by atoms with van der Waals surface area (Å²) >= 11 is 1.85. The molecule has 0 bridgehead atoms. The van der Waals surface area contributed by atoms with Gasteiger partial charge in [-0.15, -0.1) is 11.3 Å². The Hall–Kier alpha value is -6.94. The topological polar surface area (TPSA) is 16.4 Å². The number of nitrogens with zero attached hydrogens (tertiary/aromatic N) is 1. The second kappa shape index (κ2) is 12.9. The molecule has 55 heavy (non-hydrogen) atoms. The molecule has 0 aliphatic heterocycles. The van der Waals surface area contributed by atoms with Crippen molar-refractivity contribution in [2.45, 2.75) is 0 Å². The number of para-hydroxylation sites is 3. The van der Waals surface area contributed by atoms with Crippen LogP contribution in [0.3, 0.4) is 0 Å². The van der Waals surface area contributed by atoms with E-state index in [2.05, 4.69) is 193 Å². The highest BCUT2D eigenvalue weighted by molar-refractivity contribution is 7.25. The van der Waals surface area contributed by atoms with Crippen LogP contribution in [0.25, 0.3) is 86.3 Å². The molecule has 2 nitrogen and oxygen atoms in total. The van der Waals surface area contributed by atoms with E-state index in [-0.39, 0.29) is 0 Å². The number of hydrogen-bond acceptors (Lipinski definition) is 3. The van der Waals surface area contributed by atoms with Crippen LogP contribution in [-0.4, -0.2) is 0 Å². The quantitative estimate of drug-likeness (QED) is 0.170. The van der Waals surface area contributed by atoms with Crippen molar-refractivity contribution >= 4 is 81.3 Å². The van der Waals surface area contributed by atoms with Crippen LogP contribution < -0.4 is 4.90 Å². The summed E-state index contributed by atoms with van der Waals surface area (Å²) in [5.74, 6) is 0. The molecule has 258 valence electrons. The van der Waals surface area contributed by atoms with Crippen LogP contribution in [0.2, 0.25) is 0 Å². The van der Waals surface area contributed by atoms with Crippen molar-refractivity contribution in [1.29, 1.82) is 0 Å². The molecule has 11 aromatic rings. The van der Waals surface area contributed by atoms with Crippen LogP contribution in [0.1, 0.15) is 0 Å². The van der Waals surface area contributed by atoms with E-state index in [0.29, 0.717) is 0 Å². The van der Waals surface area contributed by atoms with E-state index in [4.69, 9.17) is 4.42 Å². The highest BCUT2D eigenvalue weighted by Gasteiger charge is 2.19. The van der Waals surface area contributed by atoms with E-state index in [1.54, 1.807) is 0 Å². The average Bonchev–Trinajstić information content (AvgIpc) is 3.82. The molecule has 0 atom stereocenters. The van der Waals surface area contributed by atoms with Gasteiger partial charge in [-0.3, -0.25) is 0 Å². The van der Waals surface area contributed by atoms with Gasteiger partial charge in [0.05, 0.1) is 5.69 Å². The van der Waals surface area contributed by atoms with E-state index in [9.17, 15) is 0 Å². The minimum atomic E-state index is 0.907. The molecule has 0 amide bonds. The third-order valence-corrected chi connectivity index (χ3v) is 12.0. The van der Waals surface area contributed by atoms with Crippen molar-refractivity contribution in [2.75, 3.05) is 4.90 Å². The van der Waals surface area contributed by atoms with E-state index in [0.717, 1.165) is 50.1 Å². The summed E-state index contributed by atoms with van der Waals surface area (Å²) in [5, 5.41) is 7.34. The largest absolute Gasteiger partial charge is 0.455 e. The summed E-state index contributed by atoms with van der Waals surface area (Å²) in [5.41, 5.74) is 12.0. The third-order valence-electron chi connectivity index (χ3n) is 10.9. The fourth-order valence-electron chi connectivity index (χ4n) is 8.19. The molecular formula is C52H33NOS. The lowest BCUT2D eigenvalue weighted by molar-refractivity contribution is 0.670. The maximum Gasteiger partial charge on any atom is 0.143 e. The van der Waals surface area contributed by atoms with E-state index < -0.39 is 0 Å². The van der Waals surface area contributed by atoms with Crippen molar-refractivity contribution in [1.82, 2.24) is 0 Å². The molecule has 11 rings (SSSR count). The SMILES string of the molecule is c1cc(-c2ccc3sc4ccccc4c3c2)cc(N(c2ccc(-c3cccc4c3oc3ccccc34)cc2)c2ccccc2-c2ccc3ccccc3c2)c1. The van der Waals surface area contributed by atoms with Crippen molar-refractivity contribution in [3.63, 3.8) is 0 Å². The Bertz CT molecular complexity index is 3220. The number of fused-ring (bicyclic) bond motifs is 7. The van der Waals surface area contributed by atoms with Crippen LogP contribution in [0, 0.1) is 0 Å². The zero-order valence-electron chi connectivity index (χ0n) is 29.8. The summed E-state index contributed by atoms with van der Waals surface area (Å²) in [6.45, 7) is 0. The maximum absolute atomic E-state index is 6.44. The molecule has 0 aliphatic rings. The van der Waals surface area contributed by atoms with Gasteiger partial charge < -0.3 is 9.32 Å². The van der Waals surface area contributed by atoms with Gasteiger partial charge in [0.15, 0.2) is 0 Å². The molecular weight excluding hydrogens is 687 g/mol. The van der Waals surface area contributed by atoms with Crippen LogP contribution in [0.5, 0.6) is 0 Å². The highest BCUT2D eigenvalue weighted by atomic mass is 32.1. The first kappa shape index (κ1) is 31.6. The number of rotatable bonds is 6. The minimum absolute atomic E-state index is 0.907. The molecule has 3 heteroatoms. The smallest absolute Gasteiger partial charge is 0.143 e. The van der Waals surface area contributed by atoms with E-state index >= 15 is 0 Å². The van der Waals surface area contributed by atoms with Gasteiger partial charge in [-0.2, -0.15) is 0 Å². The second-order valence-corrected chi connectivity index (χ2v) is 15.2. The molecule has 0 spiro atoms. The molecule has 0 aliphatic carbocycles. The molecule has 2 aromatic heterocycles. The standard InChI is InChI=1S/C52H33NOS/c1-2-12-36-31-39(24-23-34(36)11-1)42-15-3-6-20-48(42)53(40-28-25-35(26-29-40)43-18-10-19-46-44-16-4-7-21-49(44)54-52(43)46)41-14-9-13-37(32-41)38-27-30-51-47(33-38)45-17-5-8-22-50(45)55-51/h1-33H. The Morgan fingerprint density at radius 2 is 1.04 bits per heavy atom. The Balaban J connectivity index is 1.07. The summed E-state index contributed by atoms with van der Waals surface area (Å²) in [6.07, 6.45) is 0. The summed E-state index contributed by atoms with van der Waals surface area (Å²) < 4.78 is 9.07. The fraction of sp³-hybridized carbons (Fsp3) is 0. The van der Waals surface area contributed by atoms with Crippen LogP contribution >= 0.6 is 11.3 Å². The first-order valence-electron chi connectivity index (χ1n) is 18.7. The average molecular weight is 720 g/mol. The van der Waals surface area contributed by atoms with Crippen molar-refractivity contribution in [2.24, 2.45) is 0 Å². The summed E-state index contributed by atoms with van der Waals surface area (Å²) in [7, 11) is 0. The zero-order chi connectivity index (χ0) is 36.3. The highest BCUT2D eigenvalue weighted by Crippen LogP contribution is 2.44. The molecule has 0 unspecified atom stereocenters. The van der Waals surface area contributed by atoms with Crippen LogP contribution in [-0.2, 0) is 0 Å². The third kappa shape index (κ3) is 5.40. The Morgan fingerprint density at radius 1 is 0.364 bits per heavy atom. The first-order valence-corrected chi connectivity index (χ1v) is 19.5. The maximum atomic E-state index is 6.44. The second-order valence-electron chi connectivity index (χ2n) is 14.1. The lowest BCUT2D eigenvalue weighted by atomic mass is 9.97. The van der Waals surface area contributed by atoms with Gasteiger partial charge in [0.25, 0.3) is 0 Å². The minimum Gasteiger partial charge on any atom is -0.455 e. The predicted octanol–water partition coefficient (Wildman–Crippen LogP) is 15.6. The van der Waals surface area contributed by atoms with Crippen LogP contribution in [0.4, 0.5) is 17.1 Å². The number of benzene rings is 9. The van der Waals surface area contributed by atoms with Gasteiger partial charge in [0.1, 0.15) is 11.2 Å². The zero-order valence-corrected chi connectivity index (χ0v) is 30.6. The van der Waals surface area contributed by atoms with Gasteiger partial charge >= 0.3 is 0 Å². The van der Waals surface area contributed by atoms with Gasteiger partial charge in [-0.25, -0.2) is 0 Å². The molecule has 9 aromatic carbocycles. The molecule has 2 heterocycles. The monoisotopic (exact) mass is 719 g/mol. The predicted molar refractivity (Wildman–Crippen MR) is 235 cm³/mol. The summed E-state index contributed by atoms with van der Waals surface area (Å²) in [6, 6.07) is 72.3. The number of hydrogen-bond donors (Lipinski definition) is 0. The van der Waals surface area contributed by atoms with E-state index in [1.165, 1.54) is 53.2 Å².